The molecule has 1 aromatic rings. The van der Waals surface area contributed by atoms with Crippen LogP contribution in [-0.2, 0) is 0 Å². The lowest BCUT2D eigenvalue weighted by Gasteiger charge is -2.29. The minimum absolute atomic E-state index is 0.0340. The van der Waals surface area contributed by atoms with Crippen LogP contribution in [0.25, 0.3) is 0 Å². The molecule has 0 saturated heterocycles. The average molecular weight is 253 g/mol. The van der Waals surface area contributed by atoms with E-state index in [2.05, 4.69) is 4.98 Å². The van der Waals surface area contributed by atoms with Gasteiger partial charge < -0.3 is 4.90 Å². The van der Waals surface area contributed by atoms with Crippen molar-refractivity contribution in [3.8, 4) is 6.07 Å². The molecule has 1 aliphatic rings. The monoisotopic (exact) mass is 253 g/mol. The van der Waals surface area contributed by atoms with Gasteiger partial charge in [-0.25, -0.2) is 4.98 Å². The SMILES string of the molecule is N#Cc1cc(N2CC=C(C(F)(F)F)CC2)ccn1. The van der Waals surface area contributed by atoms with Gasteiger partial charge in [0.15, 0.2) is 0 Å². The topological polar surface area (TPSA) is 39.9 Å². The molecule has 2 rings (SSSR count). The number of hydrogen-bond acceptors (Lipinski definition) is 3. The first kappa shape index (κ1) is 12.4. The van der Waals surface area contributed by atoms with Crippen LogP contribution in [0.2, 0.25) is 0 Å². The maximum atomic E-state index is 12.4. The van der Waals surface area contributed by atoms with Crippen molar-refractivity contribution in [3.05, 3.63) is 35.7 Å². The summed E-state index contributed by atoms with van der Waals surface area (Å²) in [6.45, 7) is 0.490. The largest absolute Gasteiger partial charge is 0.412 e. The first-order chi connectivity index (χ1) is 8.50. The highest BCUT2D eigenvalue weighted by Gasteiger charge is 2.34. The number of anilines is 1. The van der Waals surface area contributed by atoms with E-state index in [4.69, 9.17) is 5.26 Å². The Bertz CT molecular complexity index is 514. The van der Waals surface area contributed by atoms with E-state index in [1.54, 1.807) is 17.0 Å². The van der Waals surface area contributed by atoms with Crippen LogP contribution >= 0.6 is 0 Å². The zero-order valence-corrected chi connectivity index (χ0v) is 9.41. The second-order valence-corrected chi connectivity index (χ2v) is 3.93. The molecular weight excluding hydrogens is 243 g/mol. The molecule has 1 aromatic heterocycles. The minimum Gasteiger partial charge on any atom is -0.367 e. The van der Waals surface area contributed by atoms with E-state index in [1.807, 2.05) is 6.07 Å². The Morgan fingerprint density at radius 2 is 2.17 bits per heavy atom. The van der Waals surface area contributed by atoms with Gasteiger partial charge in [0.05, 0.1) is 0 Å². The van der Waals surface area contributed by atoms with E-state index in [0.717, 1.165) is 5.69 Å². The predicted octanol–water partition coefficient (Wildman–Crippen LogP) is 2.65. The van der Waals surface area contributed by atoms with Crippen molar-refractivity contribution in [2.75, 3.05) is 18.0 Å². The minimum atomic E-state index is -4.23. The number of halogens is 3. The molecule has 0 amide bonds. The second-order valence-electron chi connectivity index (χ2n) is 3.93. The van der Waals surface area contributed by atoms with E-state index < -0.39 is 11.7 Å². The van der Waals surface area contributed by atoms with Gasteiger partial charge in [0, 0.05) is 30.5 Å². The Morgan fingerprint density at radius 1 is 1.39 bits per heavy atom. The van der Waals surface area contributed by atoms with E-state index in [1.165, 1.54) is 12.3 Å². The summed E-state index contributed by atoms with van der Waals surface area (Å²) >= 11 is 0. The third kappa shape index (κ3) is 2.62. The number of aromatic nitrogens is 1. The molecule has 2 heterocycles. The molecular formula is C12H10F3N3. The number of rotatable bonds is 1. The Morgan fingerprint density at radius 3 is 2.72 bits per heavy atom. The number of hydrogen-bond donors (Lipinski definition) is 0. The van der Waals surface area contributed by atoms with Gasteiger partial charge in [0.1, 0.15) is 11.8 Å². The summed E-state index contributed by atoms with van der Waals surface area (Å²) in [6, 6.07) is 5.17. The maximum Gasteiger partial charge on any atom is 0.412 e. The van der Waals surface area contributed by atoms with Crippen molar-refractivity contribution >= 4 is 5.69 Å². The molecule has 0 saturated carbocycles. The Labute approximate surface area is 102 Å². The first-order valence-corrected chi connectivity index (χ1v) is 5.38. The Hall–Kier alpha value is -2.03. The molecule has 18 heavy (non-hydrogen) atoms. The fraction of sp³-hybridized carbons (Fsp3) is 0.333. The summed E-state index contributed by atoms with van der Waals surface area (Å²) in [5.74, 6) is 0. The van der Waals surface area contributed by atoms with Gasteiger partial charge in [-0.1, -0.05) is 6.08 Å². The fourth-order valence-electron chi connectivity index (χ4n) is 1.84. The van der Waals surface area contributed by atoms with Crippen molar-refractivity contribution in [3.63, 3.8) is 0 Å². The zero-order valence-electron chi connectivity index (χ0n) is 9.41. The predicted molar refractivity (Wildman–Crippen MR) is 59.9 cm³/mol. The summed E-state index contributed by atoms with van der Waals surface area (Å²) in [5, 5.41) is 8.72. The molecule has 0 aliphatic carbocycles. The van der Waals surface area contributed by atoms with Gasteiger partial charge in [-0.05, 0) is 18.6 Å². The summed E-state index contributed by atoms with van der Waals surface area (Å²) in [5.41, 5.74) is 0.505. The zero-order chi connectivity index (χ0) is 13.2. The van der Waals surface area contributed by atoms with Gasteiger partial charge in [-0.3, -0.25) is 0 Å². The highest BCUT2D eigenvalue weighted by atomic mass is 19.4. The van der Waals surface area contributed by atoms with Crippen molar-refractivity contribution < 1.29 is 13.2 Å². The highest BCUT2D eigenvalue weighted by Crippen LogP contribution is 2.31. The van der Waals surface area contributed by atoms with Crippen LogP contribution in [0.1, 0.15) is 12.1 Å². The molecule has 0 bridgehead atoms. The van der Waals surface area contributed by atoms with Crippen LogP contribution in [0.4, 0.5) is 18.9 Å². The first-order valence-electron chi connectivity index (χ1n) is 5.38. The van der Waals surface area contributed by atoms with Gasteiger partial charge in [0.25, 0.3) is 0 Å². The molecule has 0 aromatic carbocycles. The third-order valence-electron chi connectivity index (χ3n) is 2.80. The molecule has 0 fully saturated rings. The van der Waals surface area contributed by atoms with E-state index >= 15 is 0 Å². The Kier molecular flexibility index (Phi) is 3.24. The van der Waals surface area contributed by atoms with Crippen LogP contribution in [0.5, 0.6) is 0 Å². The molecule has 0 spiro atoms. The lowest BCUT2D eigenvalue weighted by molar-refractivity contribution is -0.0943. The molecule has 0 unspecified atom stereocenters. The number of pyridine rings is 1. The standard InChI is InChI=1S/C12H10F3N3/c13-12(14,15)9-2-5-18(6-3-9)11-1-4-17-10(7-11)8-16/h1-2,4,7H,3,5-6H2. The summed E-state index contributed by atoms with van der Waals surface area (Å²) in [4.78, 5) is 5.61. The molecule has 3 nitrogen and oxygen atoms in total. The van der Waals surface area contributed by atoms with Gasteiger partial charge in [0.2, 0.25) is 0 Å². The Balaban J connectivity index is 2.15. The lowest BCUT2D eigenvalue weighted by Crippen LogP contribution is -2.31. The van der Waals surface area contributed by atoms with Crippen LogP contribution in [0, 0.1) is 11.3 Å². The summed E-state index contributed by atoms with van der Waals surface area (Å²) in [6.07, 6.45) is -1.59. The quantitative estimate of drug-likeness (QED) is 0.722. The van der Waals surface area contributed by atoms with Crippen LogP contribution in [0.15, 0.2) is 30.0 Å². The highest BCUT2D eigenvalue weighted by molar-refractivity contribution is 5.50. The van der Waals surface area contributed by atoms with Crippen LogP contribution in [0.3, 0.4) is 0 Å². The fourth-order valence-corrected chi connectivity index (χ4v) is 1.84. The third-order valence-corrected chi connectivity index (χ3v) is 2.80. The van der Waals surface area contributed by atoms with Crippen LogP contribution in [-0.4, -0.2) is 24.2 Å². The van der Waals surface area contributed by atoms with Crippen molar-refractivity contribution in [2.45, 2.75) is 12.6 Å². The lowest BCUT2D eigenvalue weighted by atomic mass is 10.1. The molecule has 1 aliphatic heterocycles. The molecule has 6 heteroatoms. The maximum absolute atomic E-state index is 12.4. The molecule has 0 N–H and O–H groups in total. The normalized spacial score (nSPS) is 16.1. The summed E-state index contributed by atoms with van der Waals surface area (Å²) in [7, 11) is 0. The van der Waals surface area contributed by atoms with Gasteiger partial charge >= 0.3 is 6.18 Å². The van der Waals surface area contributed by atoms with Crippen molar-refractivity contribution in [2.24, 2.45) is 0 Å². The van der Waals surface area contributed by atoms with Gasteiger partial charge in [-0.15, -0.1) is 0 Å². The molecule has 0 radical (unpaired) electrons. The second kappa shape index (κ2) is 4.69. The van der Waals surface area contributed by atoms with Crippen LogP contribution < -0.4 is 4.90 Å². The van der Waals surface area contributed by atoms with Crippen molar-refractivity contribution in [1.82, 2.24) is 4.98 Å². The van der Waals surface area contributed by atoms with E-state index in [0.29, 0.717) is 6.54 Å². The smallest absolute Gasteiger partial charge is 0.367 e. The number of alkyl halides is 3. The summed E-state index contributed by atoms with van der Waals surface area (Å²) < 4.78 is 37.3. The molecule has 0 atom stereocenters. The van der Waals surface area contributed by atoms with E-state index in [9.17, 15) is 13.2 Å². The van der Waals surface area contributed by atoms with Gasteiger partial charge in [-0.2, -0.15) is 18.4 Å². The van der Waals surface area contributed by atoms with E-state index in [-0.39, 0.29) is 18.7 Å². The number of nitrogens with zero attached hydrogens (tertiary/aromatic N) is 3. The molecule has 94 valence electrons. The van der Waals surface area contributed by atoms with Crippen molar-refractivity contribution in [1.29, 1.82) is 5.26 Å². The number of nitriles is 1. The average Bonchev–Trinajstić information content (AvgIpc) is 2.38.